The van der Waals surface area contributed by atoms with Crippen LogP contribution in [0.15, 0.2) is 261 Å². The standard InChI is InChI=1S/C69H43N5/c1-4-20-44(21-5-1)51-29-14-15-30-52(51)50-36-38-56-58(41-50)66(68-70-67(47-25-8-3-9-26-47)71-69(72-68)74-60-34-18-16-32-54(60)55-33-17-19-35-61(55)74)57(45-22-6-2-7-23-45)43-64(56)73-62-39-37-46-24-12-13-31-53(46)65(62)59-40-48-27-10-11-28-49(48)42-63(59)73/h1-43H. The lowest BCUT2D eigenvalue weighted by atomic mass is 9.88. The zero-order valence-electron chi connectivity index (χ0n) is 40.1. The number of hydrogen-bond acceptors (Lipinski definition) is 3. The van der Waals surface area contributed by atoms with Crippen molar-refractivity contribution in [3.8, 4) is 67.8 Å². The van der Waals surface area contributed by atoms with E-state index in [4.69, 9.17) is 15.0 Å². The topological polar surface area (TPSA) is 48.5 Å². The summed E-state index contributed by atoms with van der Waals surface area (Å²) in [5, 5.41) is 11.7. The minimum Gasteiger partial charge on any atom is -0.309 e. The molecule has 5 heteroatoms. The lowest BCUT2D eigenvalue weighted by molar-refractivity contribution is 0.954. The van der Waals surface area contributed by atoms with Crippen LogP contribution in [-0.2, 0) is 0 Å². The second-order valence-electron chi connectivity index (χ2n) is 19.1. The average Bonchev–Trinajstić information content (AvgIpc) is 4.03. The van der Waals surface area contributed by atoms with Crippen LogP contribution in [0, 0.1) is 0 Å². The van der Waals surface area contributed by atoms with E-state index < -0.39 is 0 Å². The molecule has 0 fully saturated rings. The summed E-state index contributed by atoms with van der Waals surface area (Å²) in [6.45, 7) is 0. The Bertz CT molecular complexity index is 4650. The monoisotopic (exact) mass is 941 g/mol. The highest BCUT2D eigenvalue weighted by molar-refractivity contribution is 6.24. The van der Waals surface area contributed by atoms with Crippen molar-refractivity contribution in [2.75, 3.05) is 0 Å². The highest BCUT2D eigenvalue weighted by Crippen LogP contribution is 2.47. The number of benzene rings is 12. The third-order valence-corrected chi connectivity index (χ3v) is 14.9. The highest BCUT2D eigenvalue weighted by atomic mass is 15.2. The molecule has 0 bridgehead atoms. The molecule has 3 aromatic heterocycles. The van der Waals surface area contributed by atoms with Gasteiger partial charge in [0.15, 0.2) is 11.6 Å². The summed E-state index contributed by atoms with van der Waals surface area (Å²) in [5.74, 6) is 1.73. The van der Waals surface area contributed by atoms with Gasteiger partial charge in [0.25, 0.3) is 0 Å². The number of hydrogen-bond donors (Lipinski definition) is 0. The smallest absolute Gasteiger partial charge is 0.238 e. The van der Waals surface area contributed by atoms with E-state index in [9.17, 15) is 0 Å². The fourth-order valence-corrected chi connectivity index (χ4v) is 11.6. The molecule has 0 saturated carbocycles. The van der Waals surface area contributed by atoms with Crippen LogP contribution < -0.4 is 0 Å². The van der Waals surface area contributed by atoms with Gasteiger partial charge in [-0.05, 0) is 103 Å². The first-order valence-electron chi connectivity index (χ1n) is 25.2. The molecule has 0 saturated heterocycles. The van der Waals surface area contributed by atoms with Gasteiger partial charge in [-0.1, -0.05) is 218 Å². The van der Waals surface area contributed by atoms with Gasteiger partial charge < -0.3 is 4.57 Å². The molecular formula is C69H43N5. The quantitative estimate of drug-likeness (QED) is 0.160. The van der Waals surface area contributed by atoms with E-state index in [1.807, 2.05) is 18.2 Å². The summed E-state index contributed by atoms with van der Waals surface area (Å²) in [6, 6.07) is 93.8. The van der Waals surface area contributed by atoms with E-state index in [-0.39, 0.29) is 0 Å². The Morgan fingerprint density at radius 3 is 1.49 bits per heavy atom. The molecule has 0 spiro atoms. The molecule has 0 N–H and O–H groups in total. The highest BCUT2D eigenvalue weighted by Gasteiger charge is 2.26. The lowest BCUT2D eigenvalue weighted by Gasteiger charge is -2.21. The van der Waals surface area contributed by atoms with Crippen molar-refractivity contribution in [2.24, 2.45) is 0 Å². The molecule has 3 heterocycles. The number of nitrogens with zero attached hydrogens (tertiary/aromatic N) is 5. The van der Waals surface area contributed by atoms with Crippen LogP contribution in [0.3, 0.4) is 0 Å². The summed E-state index contributed by atoms with van der Waals surface area (Å²) in [4.78, 5) is 16.6. The summed E-state index contributed by atoms with van der Waals surface area (Å²) in [6.07, 6.45) is 0. The van der Waals surface area contributed by atoms with Gasteiger partial charge >= 0.3 is 0 Å². The molecule has 15 aromatic rings. The zero-order chi connectivity index (χ0) is 48.7. The van der Waals surface area contributed by atoms with Crippen LogP contribution in [-0.4, -0.2) is 24.1 Å². The Morgan fingerprint density at radius 1 is 0.257 bits per heavy atom. The second kappa shape index (κ2) is 16.8. The lowest BCUT2D eigenvalue weighted by Crippen LogP contribution is -2.07. The molecule has 12 aromatic carbocycles. The first-order chi connectivity index (χ1) is 36.7. The van der Waals surface area contributed by atoms with Crippen LogP contribution in [0.2, 0.25) is 0 Å². The van der Waals surface area contributed by atoms with E-state index in [0.29, 0.717) is 17.6 Å². The van der Waals surface area contributed by atoms with Gasteiger partial charge in [0.05, 0.1) is 27.8 Å². The van der Waals surface area contributed by atoms with E-state index in [0.717, 1.165) is 93.8 Å². The molecule has 0 amide bonds. The van der Waals surface area contributed by atoms with Crippen LogP contribution in [0.1, 0.15) is 0 Å². The maximum absolute atomic E-state index is 5.67. The molecule has 0 atom stereocenters. The third kappa shape index (κ3) is 6.60. The third-order valence-electron chi connectivity index (χ3n) is 14.9. The van der Waals surface area contributed by atoms with Crippen molar-refractivity contribution in [2.45, 2.75) is 0 Å². The zero-order valence-corrected chi connectivity index (χ0v) is 40.1. The van der Waals surface area contributed by atoms with E-state index in [1.54, 1.807) is 0 Å². The Morgan fingerprint density at radius 2 is 0.797 bits per heavy atom. The fourth-order valence-electron chi connectivity index (χ4n) is 11.6. The van der Waals surface area contributed by atoms with Crippen molar-refractivity contribution in [3.63, 3.8) is 0 Å². The van der Waals surface area contributed by atoms with Gasteiger partial charge in [0.2, 0.25) is 5.95 Å². The Kier molecular flexibility index (Phi) is 9.50. The molecule has 0 unspecified atom stereocenters. The maximum atomic E-state index is 5.67. The number of aromatic nitrogens is 5. The number of rotatable bonds is 7. The van der Waals surface area contributed by atoms with Crippen molar-refractivity contribution in [1.29, 1.82) is 0 Å². The van der Waals surface area contributed by atoms with Gasteiger partial charge in [-0.2, -0.15) is 9.97 Å². The average molecular weight is 942 g/mol. The molecule has 344 valence electrons. The van der Waals surface area contributed by atoms with E-state index >= 15 is 0 Å². The molecule has 0 aliphatic heterocycles. The summed E-state index contributed by atoms with van der Waals surface area (Å²) < 4.78 is 4.71. The van der Waals surface area contributed by atoms with Crippen molar-refractivity contribution in [3.05, 3.63) is 261 Å². The molecule has 0 aliphatic carbocycles. The summed E-state index contributed by atoms with van der Waals surface area (Å²) in [5.41, 5.74) is 13.8. The number of para-hydroxylation sites is 2. The molecule has 0 aliphatic rings. The van der Waals surface area contributed by atoms with Crippen molar-refractivity contribution < 1.29 is 0 Å². The van der Waals surface area contributed by atoms with E-state index in [1.165, 1.54) is 32.3 Å². The Hall–Kier alpha value is -9.97. The van der Waals surface area contributed by atoms with Gasteiger partial charge in [-0.15, -0.1) is 0 Å². The predicted octanol–water partition coefficient (Wildman–Crippen LogP) is 17.9. The minimum absolute atomic E-state index is 0.550. The van der Waals surface area contributed by atoms with Crippen molar-refractivity contribution >= 4 is 75.9 Å². The van der Waals surface area contributed by atoms with Crippen LogP contribution in [0.5, 0.6) is 0 Å². The molecule has 0 radical (unpaired) electrons. The summed E-state index contributed by atoms with van der Waals surface area (Å²) >= 11 is 0. The minimum atomic E-state index is 0.550. The largest absolute Gasteiger partial charge is 0.309 e. The van der Waals surface area contributed by atoms with Crippen LogP contribution in [0.25, 0.3) is 144 Å². The van der Waals surface area contributed by atoms with E-state index in [2.05, 4.69) is 252 Å². The van der Waals surface area contributed by atoms with Crippen LogP contribution in [0.4, 0.5) is 0 Å². The van der Waals surface area contributed by atoms with Gasteiger partial charge in [0, 0.05) is 38.1 Å². The Labute approximate surface area is 426 Å². The molecule has 74 heavy (non-hydrogen) atoms. The SMILES string of the molecule is c1ccc(-c2nc(-c3c(-c4ccccc4)cc(-n4c5cc6ccccc6cc5c5c6ccccc6ccc54)c4ccc(-c5ccccc5-c5ccccc5)cc34)nc(-n3c4ccccc4c4ccccc43)n2)cc1. The normalized spacial score (nSPS) is 11.8. The first kappa shape index (κ1) is 41.8. The van der Waals surface area contributed by atoms with Gasteiger partial charge in [-0.3, -0.25) is 4.57 Å². The van der Waals surface area contributed by atoms with Crippen molar-refractivity contribution in [1.82, 2.24) is 24.1 Å². The molecule has 5 nitrogen and oxygen atoms in total. The van der Waals surface area contributed by atoms with Gasteiger partial charge in [-0.25, -0.2) is 4.98 Å². The van der Waals surface area contributed by atoms with Crippen LogP contribution >= 0.6 is 0 Å². The molecular weight excluding hydrogens is 899 g/mol. The van der Waals surface area contributed by atoms with Gasteiger partial charge in [0.1, 0.15) is 0 Å². The first-order valence-corrected chi connectivity index (χ1v) is 25.2. The predicted molar refractivity (Wildman–Crippen MR) is 308 cm³/mol. The summed E-state index contributed by atoms with van der Waals surface area (Å²) in [7, 11) is 0. The maximum Gasteiger partial charge on any atom is 0.238 e. The second-order valence-corrected chi connectivity index (χ2v) is 19.1. The fraction of sp³-hybridized carbons (Fsp3) is 0. The Balaban J connectivity index is 1.12. The number of fused-ring (bicyclic) bond motifs is 10. The molecule has 15 rings (SSSR count).